The number of benzene rings is 2. The lowest BCUT2D eigenvalue weighted by atomic mass is 9.83. The van der Waals surface area contributed by atoms with Gasteiger partial charge in [-0.3, -0.25) is 9.59 Å². The van der Waals surface area contributed by atoms with Crippen molar-refractivity contribution in [1.82, 2.24) is 4.57 Å². The highest BCUT2D eigenvalue weighted by Gasteiger charge is 2.22. The molecule has 0 N–H and O–H groups in total. The second-order valence-electron chi connectivity index (χ2n) is 6.91. The lowest BCUT2D eigenvalue weighted by Gasteiger charge is -2.20. The topological polar surface area (TPSA) is 39.1 Å². The summed E-state index contributed by atoms with van der Waals surface area (Å²) in [5.74, 6) is 0.00251. The van der Waals surface area contributed by atoms with E-state index < -0.39 is 0 Å². The average Bonchev–Trinajstić information content (AvgIpc) is 2.64. The van der Waals surface area contributed by atoms with Crippen LogP contribution in [0.1, 0.15) is 45.0 Å². The first-order chi connectivity index (χ1) is 12.9. The van der Waals surface area contributed by atoms with Crippen LogP contribution in [-0.4, -0.2) is 10.4 Å². The highest BCUT2D eigenvalue weighted by atomic mass is 79.9. The van der Waals surface area contributed by atoms with E-state index in [1.165, 1.54) is 10.6 Å². The Balaban J connectivity index is 2.03. The third-order valence-electron chi connectivity index (χ3n) is 4.96. The first kappa shape index (κ1) is 19.3. The van der Waals surface area contributed by atoms with Gasteiger partial charge in [0.1, 0.15) is 0 Å². The Morgan fingerprint density at radius 2 is 1.70 bits per heavy atom. The van der Waals surface area contributed by atoms with E-state index in [0.717, 1.165) is 26.7 Å². The molecule has 1 heterocycles. The second kappa shape index (κ2) is 8.05. The molecule has 0 aliphatic rings. The number of pyridine rings is 1. The van der Waals surface area contributed by atoms with Gasteiger partial charge in [-0.05, 0) is 48.2 Å². The Bertz CT molecular complexity index is 1030. The molecule has 4 heteroatoms. The molecule has 1 unspecified atom stereocenters. The third-order valence-corrected chi connectivity index (χ3v) is 5.49. The summed E-state index contributed by atoms with van der Waals surface area (Å²) >= 11 is 3.48. The molecule has 0 amide bonds. The maximum atomic E-state index is 13.1. The number of ketones is 1. The Morgan fingerprint density at radius 1 is 1.04 bits per heavy atom. The molecule has 0 saturated heterocycles. The number of halogens is 1. The fourth-order valence-corrected chi connectivity index (χ4v) is 3.66. The molecule has 0 saturated carbocycles. The van der Waals surface area contributed by atoms with Gasteiger partial charge in [-0.2, -0.15) is 0 Å². The second-order valence-corrected chi connectivity index (χ2v) is 7.82. The van der Waals surface area contributed by atoms with Gasteiger partial charge < -0.3 is 4.57 Å². The molecule has 1 aromatic heterocycles. The number of carbonyl (C=O) groups is 1. The first-order valence-corrected chi connectivity index (χ1v) is 9.67. The predicted molar refractivity (Wildman–Crippen MR) is 113 cm³/mol. The van der Waals surface area contributed by atoms with E-state index in [2.05, 4.69) is 47.1 Å². The quantitative estimate of drug-likeness (QED) is 0.530. The summed E-state index contributed by atoms with van der Waals surface area (Å²) < 4.78 is 2.47. The average molecular weight is 424 g/mol. The van der Waals surface area contributed by atoms with E-state index in [4.69, 9.17) is 0 Å². The van der Waals surface area contributed by atoms with E-state index >= 15 is 0 Å². The monoisotopic (exact) mass is 423 g/mol. The number of hydrogen-bond donors (Lipinski definition) is 0. The molecule has 0 bridgehead atoms. The van der Waals surface area contributed by atoms with E-state index in [1.54, 1.807) is 13.2 Å². The van der Waals surface area contributed by atoms with Crippen molar-refractivity contribution < 1.29 is 4.79 Å². The summed E-state index contributed by atoms with van der Waals surface area (Å²) in [5.41, 5.74) is 4.64. The Kier molecular flexibility index (Phi) is 5.76. The fraction of sp³-hybridized carbons (Fsp3) is 0.217. The lowest BCUT2D eigenvalue weighted by molar-refractivity contribution is 0.0976. The summed E-state index contributed by atoms with van der Waals surface area (Å²) in [5, 5.41) is 0. The molecule has 0 spiro atoms. The van der Waals surface area contributed by atoms with Crippen LogP contribution in [0.5, 0.6) is 0 Å². The maximum Gasteiger partial charge on any atom is 0.250 e. The zero-order valence-corrected chi connectivity index (χ0v) is 17.3. The summed E-state index contributed by atoms with van der Waals surface area (Å²) in [6.45, 7) is 3.89. The Hall–Kier alpha value is -2.46. The van der Waals surface area contributed by atoms with Gasteiger partial charge in [0.05, 0.1) is 0 Å². The van der Waals surface area contributed by atoms with Gasteiger partial charge >= 0.3 is 0 Å². The third kappa shape index (κ3) is 4.28. The summed E-state index contributed by atoms with van der Waals surface area (Å²) in [7, 11) is 1.67. The lowest BCUT2D eigenvalue weighted by Crippen LogP contribution is -2.19. The number of hydrogen-bond acceptors (Lipinski definition) is 2. The smallest absolute Gasteiger partial charge is 0.250 e. The van der Waals surface area contributed by atoms with Crippen LogP contribution >= 0.6 is 15.9 Å². The molecular weight excluding hydrogens is 402 g/mol. The van der Waals surface area contributed by atoms with Gasteiger partial charge in [0.25, 0.3) is 5.56 Å². The number of rotatable bonds is 5. The first-order valence-electron chi connectivity index (χ1n) is 8.88. The van der Waals surface area contributed by atoms with Gasteiger partial charge in [-0.15, -0.1) is 0 Å². The van der Waals surface area contributed by atoms with Crippen molar-refractivity contribution in [1.29, 1.82) is 0 Å². The van der Waals surface area contributed by atoms with Crippen LogP contribution in [0.25, 0.3) is 0 Å². The standard InChI is InChI=1S/C23H22BrNO2/c1-15-6-4-5-7-19(15)20(17-8-10-18(24)11-9-17)13-22(26)21-14-25(3)23(27)12-16(21)2/h4-12,14,20H,13H2,1-3H3. The number of aromatic nitrogens is 1. The molecule has 0 radical (unpaired) electrons. The SMILES string of the molecule is Cc1cc(=O)n(C)cc1C(=O)CC(c1ccc(Br)cc1)c1ccccc1C. The van der Waals surface area contributed by atoms with Gasteiger partial charge in [0.15, 0.2) is 5.78 Å². The molecule has 138 valence electrons. The van der Waals surface area contributed by atoms with Crippen LogP contribution < -0.4 is 5.56 Å². The minimum atomic E-state index is -0.104. The minimum absolute atomic E-state index is 0.0385. The number of carbonyl (C=O) groups excluding carboxylic acids is 1. The van der Waals surface area contributed by atoms with Crippen LogP contribution in [0.2, 0.25) is 0 Å². The van der Waals surface area contributed by atoms with Crippen molar-refractivity contribution in [2.45, 2.75) is 26.2 Å². The largest absolute Gasteiger partial charge is 0.318 e. The van der Waals surface area contributed by atoms with Crippen LogP contribution in [0.4, 0.5) is 0 Å². The number of nitrogens with zero attached hydrogens (tertiary/aromatic N) is 1. The molecule has 27 heavy (non-hydrogen) atoms. The van der Waals surface area contributed by atoms with Crippen LogP contribution in [0.15, 0.2) is 70.1 Å². The minimum Gasteiger partial charge on any atom is -0.318 e. The predicted octanol–water partition coefficient (Wildman–Crippen LogP) is 5.17. The molecule has 0 aliphatic carbocycles. The fourth-order valence-electron chi connectivity index (χ4n) is 3.39. The summed E-state index contributed by atoms with van der Waals surface area (Å²) in [6.07, 6.45) is 2.00. The Morgan fingerprint density at radius 3 is 2.37 bits per heavy atom. The molecule has 2 aromatic carbocycles. The van der Waals surface area contributed by atoms with E-state index in [1.807, 2.05) is 31.2 Å². The summed E-state index contributed by atoms with van der Waals surface area (Å²) in [6, 6.07) is 17.8. The van der Waals surface area contributed by atoms with Crippen molar-refractivity contribution in [3.8, 4) is 0 Å². The normalized spacial score (nSPS) is 12.0. The van der Waals surface area contributed by atoms with Crippen molar-refractivity contribution in [3.63, 3.8) is 0 Å². The zero-order chi connectivity index (χ0) is 19.6. The highest BCUT2D eigenvalue weighted by molar-refractivity contribution is 9.10. The number of aryl methyl sites for hydroxylation is 3. The molecule has 3 rings (SSSR count). The van der Waals surface area contributed by atoms with Gasteiger partial charge in [0, 0.05) is 41.7 Å². The van der Waals surface area contributed by atoms with Crippen LogP contribution in [0.3, 0.4) is 0 Å². The molecule has 0 fully saturated rings. The maximum absolute atomic E-state index is 13.1. The van der Waals surface area contributed by atoms with Crippen molar-refractivity contribution in [2.75, 3.05) is 0 Å². The van der Waals surface area contributed by atoms with Crippen molar-refractivity contribution in [3.05, 3.63) is 103 Å². The van der Waals surface area contributed by atoms with E-state index in [9.17, 15) is 9.59 Å². The molecule has 1 atom stereocenters. The van der Waals surface area contributed by atoms with Crippen molar-refractivity contribution in [2.24, 2.45) is 7.05 Å². The van der Waals surface area contributed by atoms with E-state index in [0.29, 0.717) is 12.0 Å². The van der Waals surface area contributed by atoms with Crippen molar-refractivity contribution >= 4 is 21.7 Å². The van der Waals surface area contributed by atoms with Crippen LogP contribution in [-0.2, 0) is 7.05 Å². The zero-order valence-electron chi connectivity index (χ0n) is 15.7. The summed E-state index contributed by atoms with van der Waals surface area (Å²) in [4.78, 5) is 24.9. The highest BCUT2D eigenvalue weighted by Crippen LogP contribution is 2.32. The van der Waals surface area contributed by atoms with E-state index in [-0.39, 0.29) is 17.3 Å². The molecule has 0 aliphatic heterocycles. The molecule has 3 aromatic rings. The Labute approximate surface area is 167 Å². The molecule has 3 nitrogen and oxygen atoms in total. The number of Topliss-reactive ketones (excluding diaryl/α,β-unsaturated/α-hetero) is 1. The van der Waals surface area contributed by atoms with Gasteiger partial charge in [0.2, 0.25) is 0 Å². The van der Waals surface area contributed by atoms with Gasteiger partial charge in [-0.25, -0.2) is 0 Å². The molecular formula is C23H22BrNO2. The van der Waals surface area contributed by atoms with Gasteiger partial charge in [-0.1, -0.05) is 52.3 Å². The van der Waals surface area contributed by atoms with Crippen LogP contribution in [0, 0.1) is 13.8 Å².